The highest BCUT2D eigenvalue weighted by atomic mass is 32.2. The number of benzene rings is 1. The lowest BCUT2D eigenvalue weighted by molar-refractivity contribution is 0.348. The summed E-state index contributed by atoms with van der Waals surface area (Å²) in [6.07, 6.45) is 2.08. The van der Waals surface area contributed by atoms with Gasteiger partial charge in [-0.15, -0.1) is 0 Å². The largest absolute Gasteiger partial charge is 0.320 e. The Bertz CT molecular complexity index is 437. The second kappa shape index (κ2) is 8.15. The van der Waals surface area contributed by atoms with E-state index in [-0.39, 0.29) is 5.82 Å². The molecule has 0 aliphatic heterocycles. The fourth-order valence-electron chi connectivity index (χ4n) is 1.60. The summed E-state index contributed by atoms with van der Waals surface area (Å²) >= 11 is 1.81. The number of hydrogen-bond donors (Lipinski definition) is 1. The van der Waals surface area contributed by atoms with Gasteiger partial charge in [-0.2, -0.15) is 11.8 Å². The summed E-state index contributed by atoms with van der Waals surface area (Å²) in [5, 5.41) is 0. The van der Waals surface area contributed by atoms with E-state index in [1.807, 2.05) is 13.1 Å². The van der Waals surface area contributed by atoms with Crippen LogP contribution < -0.4 is 5.73 Å². The van der Waals surface area contributed by atoms with E-state index in [4.69, 9.17) is 5.73 Å². The minimum absolute atomic E-state index is 0.243. The highest BCUT2D eigenvalue weighted by Crippen LogP contribution is 2.10. The second-order valence-electron chi connectivity index (χ2n) is 4.08. The smallest absolute Gasteiger partial charge is 0.124 e. The zero-order valence-electron chi connectivity index (χ0n) is 10.9. The SMILES string of the molecule is CSCCN(C)Cc1cc(F)cc(C#CCN)c1. The Kier molecular flexibility index (Phi) is 6.81. The van der Waals surface area contributed by atoms with E-state index in [1.54, 1.807) is 17.8 Å². The van der Waals surface area contributed by atoms with Crippen molar-refractivity contribution < 1.29 is 4.39 Å². The Balaban J connectivity index is 2.73. The van der Waals surface area contributed by atoms with Crippen molar-refractivity contribution in [3.05, 3.63) is 35.1 Å². The van der Waals surface area contributed by atoms with Gasteiger partial charge in [0.1, 0.15) is 5.82 Å². The molecule has 0 atom stereocenters. The van der Waals surface area contributed by atoms with Gasteiger partial charge in [0.05, 0.1) is 6.54 Å². The molecule has 0 heterocycles. The van der Waals surface area contributed by atoms with Crippen molar-refractivity contribution in [2.24, 2.45) is 5.73 Å². The van der Waals surface area contributed by atoms with Gasteiger partial charge >= 0.3 is 0 Å². The maximum absolute atomic E-state index is 13.4. The lowest BCUT2D eigenvalue weighted by Gasteiger charge is -2.16. The molecule has 18 heavy (non-hydrogen) atoms. The van der Waals surface area contributed by atoms with Crippen LogP contribution in [-0.2, 0) is 6.54 Å². The fraction of sp³-hybridized carbons (Fsp3) is 0.429. The first-order valence-electron chi connectivity index (χ1n) is 5.81. The zero-order chi connectivity index (χ0) is 13.4. The van der Waals surface area contributed by atoms with Crippen LogP contribution in [0.5, 0.6) is 0 Å². The van der Waals surface area contributed by atoms with Crippen molar-refractivity contribution in [1.29, 1.82) is 0 Å². The van der Waals surface area contributed by atoms with Gasteiger partial charge in [0, 0.05) is 24.4 Å². The van der Waals surface area contributed by atoms with Crippen LogP contribution in [0.1, 0.15) is 11.1 Å². The standard InChI is InChI=1S/C14H19FN2S/c1-17(6-7-18-2)11-13-8-12(4-3-5-16)9-14(15)10-13/h8-10H,5-7,11,16H2,1-2H3. The van der Waals surface area contributed by atoms with Crippen molar-refractivity contribution in [3.63, 3.8) is 0 Å². The molecule has 1 aromatic rings. The van der Waals surface area contributed by atoms with Crippen LogP contribution in [0.4, 0.5) is 4.39 Å². The van der Waals surface area contributed by atoms with Crippen LogP contribution in [0, 0.1) is 17.7 Å². The van der Waals surface area contributed by atoms with E-state index in [1.165, 1.54) is 6.07 Å². The third kappa shape index (κ3) is 5.54. The van der Waals surface area contributed by atoms with E-state index >= 15 is 0 Å². The van der Waals surface area contributed by atoms with Crippen LogP contribution >= 0.6 is 11.8 Å². The Morgan fingerprint density at radius 1 is 1.39 bits per heavy atom. The molecule has 0 aliphatic rings. The zero-order valence-corrected chi connectivity index (χ0v) is 11.7. The summed E-state index contributed by atoms with van der Waals surface area (Å²) in [4.78, 5) is 2.17. The molecule has 1 aromatic carbocycles. The lowest BCUT2D eigenvalue weighted by Crippen LogP contribution is -2.20. The number of nitrogens with two attached hydrogens (primary N) is 1. The highest BCUT2D eigenvalue weighted by Gasteiger charge is 2.03. The Morgan fingerprint density at radius 3 is 2.83 bits per heavy atom. The summed E-state index contributed by atoms with van der Waals surface area (Å²) < 4.78 is 13.4. The summed E-state index contributed by atoms with van der Waals surface area (Å²) in [6.45, 7) is 2.01. The van der Waals surface area contributed by atoms with Crippen LogP contribution in [0.25, 0.3) is 0 Å². The fourth-order valence-corrected chi connectivity index (χ4v) is 2.10. The first-order valence-corrected chi connectivity index (χ1v) is 7.21. The van der Waals surface area contributed by atoms with Crippen molar-refractivity contribution >= 4 is 11.8 Å². The molecule has 1 rings (SSSR count). The molecule has 0 unspecified atom stereocenters. The van der Waals surface area contributed by atoms with Gasteiger partial charge in [0.2, 0.25) is 0 Å². The molecule has 0 amide bonds. The average Bonchev–Trinajstić information content (AvgIpc) is 2.33. The predicted molar refractivity (Wildman–Crippen MR) is 77.0 cm³/mol. The molecule has 2 nitrogen and oxygen atoms in total. The number of hydrogen-bond acceptors (Lipinski definition) is 3. The highest BCUT2D eigenvalue weighted by molar-refractivity contribution is 7.98. The number of nitrogens with zero attached hydrogens (tertiary/aromatic N) is 1. The second-order valence-corrected chi connectivity index (χ2v) is 5.07. The lowest BCUT2D eigenvalue weighted by atomic mass is 10.1. The van der Waals surface area contributed by atoms with E-state index in [2.05, 4.69) is 23.0 Å². The Labute approximate surface area is 113 Å². The molecular formula is C14H19FN2S. The molecule has 0 radical (unpaired) electrons. The van der Waals surface area contributed by atoms with Gasteiger partial charge in [-0.05, 0) is 37.1 Å². The molecule has 0 fully saturated rings. The quantitative estimate of drug-likeness (QED) is 0.826. The van der Waals surface area contributed by atoms with Gasteiger partial charge in [-0.3, -0.25) is 0 Å². The predicted octanol–water partition coefficient (Wildman–Crippen LogP) is 1.93. The van der Waals surface area contributed by atoms with Gasteiger partial charge in [-0.25, -0.2) is 4.39 Å². The molecule has 0 saturated heterocycles. The van der Waals surface area contributed by atoms with Crippen molar-refractivity contribution in [1.82, 2.24) is 4.90 Å². The van der Waals surface area contributed by atoms with Crippen LogP contribution in [0.2, 0.25) is 0 Å². The summed E-state index contributed by atoms with van der Waals surface area (Å²) in [6, 6.07) is 4.92. The monoisotopic (exact) mass is 266 g/mol. The number of rotatable bonds is 5. The number of halogens is 1. The molecule has 0 spiro atoms. The molecule has 0 aromatic heterocycles. The molecule has 0 bridgehead atoms. The summed E-state index contributed by atoms with van der Waals surface area (Å²) in [7, 11) is 2.03. The van der Waals surface area contributed by atoms with Crippen molar-refractivity contribution in [2.45, 2.75) is 6.54 Å². The maximum atomic E-state index is 13.4. The van der Waals surface area contributed by atoms with E-state index in [0.717, 1.165) is 24.4 Å². The average molecular weight is 266 g/mol. The Morgan fingerprint density at radius 2 is 2.17 bits per heavy atom. The normalized spacial score (nSPS) is 10.3. The van der Waals surface area contributed by atoms with Gasteiger partial charge in [0.25, 0.3) is 0 Å². The molecule has 98 valence electrons. The van der Waals surface area contributed by atoms with E-state index in [0.29, 0.717) is 12.1 Å². The molecule has 0 aliphatic carbocycles. The summed E-state index contributed by atoms with van der Waals surface area (Å²) in [5.74, 6) is 6.44. The van der Waals surface area contributed by atoms with Gasteiger partial charge in [0.15, 0.2) is 0 Å². The Hall–Kier alpha value is -1.02. The maximum Gasteiger partial charge on any atom is 0.124 e. The third-order valence-corrected chi connectivity index (χ3v) is 3.01. The van der Waals surface area contributed by atoms with Crippen molar-refractivity contribution in [2.75, 3.05) is 32.1 Å². The topological polar surface area (TPSA) is 29.3 Å². The molecule has 0 saturated carbocycles. The molecular weight excluding hydrogens is 247 g/mol. The third-order valence-electron chi connectivity index (χ3n) is 2.42. The van der Waals surface area contributed by atoms with Gasteiger partial charge < -0.3 is 10.6 Å². The van der Waals surface area contributed by atoms with E-state index < -0.39 is 0 Å². The van der Waals surface area contributed by atoms with Crippen LogP contribution in [0.15, 0.2) is 18.2 Å². The van der Waals surface area contributed by atoms with Crippen LogP contribution in [-0.4, -0.2) is 37.0 Å². The van der Waals surface area contributed by atoms with E-state index in [9.17, 15) is 4.39 Å². The first kappa shape index (κ1) is 15.0. The molecule has 2 N–H and O–H groups in total. The summed E-state index contributed by atoms with van der Waals surface area (Å²) in [5.41, 5.74) is 6.94. The van der Waals surface area contributed by atoms with Crippen molar-refractivity contribution in [3.8, 4) is 11.8 Å². The van der Waals surface area contributed by atoms with Crippen LogP contribution in [0.3, 0.4) is 0 Å². The molecule has 4 heteroatoms. The minimum Gasteiger partial charge on any atom is -0.320 e. The number of thioether (sulfide) groups is 1. The minimum atomic E-state index is -0.243. The first-order chi connectivity index (χ1) is 8.65. The van der Waals surface area contributed by atoms with Gasteiger partial charge in [-0.1, -0.05) is 11.8 Å².